The summed E-state index contributed by atoms with van der Waals surface area (Å²) in [7, 11) is 0. The number of hydrogen-bond acceptors (Lipinski definition) is 4. The number of carbonyl (C=O) groups is 1. The van der Waals surface area contributed by atoms with Gasteiger partial charge in [-0.15, -0.1) is 0 Å². The van der Waals surface area contributed by atoms with Gasteiger partial charge in [-0.05, 0) is 60.7 Å². The van der Waals surface area contributed by atoms with Crippen LogP contribution in [0.5, 0.6) is 5.75 Å². The molecule has 4 aromatic rings. The van der Waals surface area contributed by atoms with E-state index in [1.54, 1.807) is 48.5 Å². The standard InChI is InChI=1S/C20H15N3O3/c24-16-10-6-13(7-11-16)18-19(23-12-2-1-3-17(23)22-18)21-15-8-4-14(5-9-15)20(25)26/h1-12,21,24H,(H,25,26). The highest BCUT2D eigenvalue weighted by atomic mass is 16.4. The Kier molecular flexibility index (Phi) is 3.78. The number of carboxylic acids is 1. The lowest BCUT2D eigenvalue weighted by Crippen LogP contribution is -1.99. The van der Waals surface area contributed by atoms with Crippen LogP contribution in [0.15, 0.2) is 72.9 Å². The molecule has 0 aliphatic carbocycles. The van der Waals surface area contributed by atoms with Gasteiger partial charge in [0.25, 0.3) is 0 Å². The molecule has 26 heavy (non-hydrogen) atoms. The number of imidazole rings is 1. The molecule has 0 fully saturated rings. The summed E-state index contributed by atoms with van der Waals surface area (Å²) in [6, 6.07) is 19.1. The Balaban J connectivity index is 1.81. The fraction of sp³-hybridized carbons (Fsp3) is 0. The number of fused-ring (bicyclic) bond motifs is 1. The van der Waals surface area contributed by atoms with Crippen molar-refractivity contribution in [1.29, 1.82) is 0 Å². The van der Waals surface area contributed by atoms with Crippen LogP contribution in [0.25, 0.3) is 16.9 Å². The minimum Gasteiger partial charge on any atom is -0.508 e. The zero-order valence-electron chi connectivity index (χ0n) is 13.6. The van der Waals surface area contributed by atoms with Crippen LogP contribution in [-0.2, 0) is 0 Å². The monoisotopic (exact) mass is 345 g/mol. The smallest absolute Gasteiger partial charge is 0.335 e. The van der Waals surface area contributed by atoms with Crippen LogP contribution in [0.2, 0.25) is 0 Å². The molecule has 0 radical (unpaired) electrons. The number of nitrogens with one attached hydrogen (secondary N) is 1. The summed E-state index contributed by atoms with van der Waals surface area (Å²) in [6.07, 6.45) is 1.90. The van der Waals surface area contributed by atoms with Crippen molar-refractivity contribution in [2.24, 2.45) is 0 Å². The molecule has 6 nitrogen and oxygen atoms in total. The molecule has 0 aliphatic heterocycles. The summed E-state index contributed by atoms with van der Waals surface area (Å²) in [5, 5.41) is 21.9. The maximum absolute atomic E-state index is 11.0. The minimum absolute atomic E-state index is 0.191. The Bertz CT molecular complexity index is 1080. The molecule has 128 valence electrons. The normalized spacial score (nSPS) is 10.8. The molecule has 0 aliphatic rings. The van der Waals surface area contributed by atoms with E-state index in [-0.39, 0.29) is 11.3 Å². The third kappa shape index (κ3) is 2.84. The second kappa shape index (κ2) is 6.25. The predicted molar refractivity (Wildman–Crippen MR) is 99.0 cm³/mol. The fourth-order valence-corrected chi connectivity index (χ4v) is 2.77. The SMILES string of the molecule is O=C(O)c1ccc(Nc2c(-c3ccc(O)cc3)nc3ccccn23)cc1. The Morgan fingerprint density at radius 1 is 0.962 bits per heavy atom. The van der Waals surface area contributed by atoms with Gasteiger partial charge in [0.15, 0.2) is 0 Å². The third-order valence-electron chi connectivity index (χ3n) is 4.07. The van der Waals surface area contributed by atoms with Crippen LogP contribution in [0.4, 0.5) is 11.5 Å². The van der Waals surface area contributed by atoms with Gasteiger partial charge < -0.3 is 15.5 Å². The second-order valence-corrected chi connectivity index (χ2v) is 5.79. The number of phenols is 1. The molecular weight excluding hydrogens is 330 g/mol. The average Bonchev–Trinajstić information content (AvgIpc) is 3.01. The van der Waals surface area contributed by atoms with Crippen LogP contribution in [0.1, 0.15) is 10.4 Å². The number of carboxylic acid groups (broad SMARTS) is 1. The van der Waals surface area contributed by atoms with Crippen LogP contribution < -0.4 is 5.32 Å². The molecule has 0 unspecified atom stereocenters. The van der Waals surface area contributed by atoms with Gasteiger partial charge in [-0.2, -0.15) is 0 Å². The Morgan fingerprint density at radius 3 is 2.38 bits per heavy atom. The Labute approximate surface area is 149 Å². The molecule has 3 N–H and O–H groups in total. The van der Waals surface area contributed by atoms with Crippen molar-refractivity contribution in [3.05, 3.63) is 78.5 Å². The van der Waals surface area contributed by atoms with Crippen LogP contribution in [-0.4, -0.2) is 25.6 Å². The molecule has 0 saturated carbocycles. The van der Waals surface area contributed by atoms with E-state index in [0.29, 0.717) is 0 Å². The van der Waals surface area contributed by atoms with E-state index in [1.807, 2.05) is 28.8 Å². The fourth-order valence-electron chi connectivity index (χ4n) is 2.77. The topological polar surface area (TPSA) is 86.9 Å². The Morgan fingerprint density at radius 2 is 1.69 bits per heavy atom. The second-order valence-electron chi connectivity index (χ2n) is 5.79. The van der Waals surface area contributed by atoms with Gasteiger partial charge in [0.2, 0.25) is 0 Å². The number of nitrogens with zero attached hydrogens (tertiary/aromatic N) is 2. The maximum Gasteiger partial charge on any atom is 0.335 e. The zero-order valence-corrected chi connectivity index (χ0v) is 13.6. The minimum atomic E-state index is -0.962. The van der Waals surface area contributed by atoms with Gasteiger partial charge in [-0.3, -0.25) is 4.40 Å². The number of benzene rings is 2. The van der Waals surface area contributed by atoms with Crippen LogP contribution in [0.3, 0.4) is 0 Å². The summed E-state index contributed by atoms with van der Waals surface area (Å²) >= 11 is 0. The zero-order chi connectivity index (χ0) is 18.1. The number of anilines is 2. The number of pyridine rings is 1. The van der Waals surface area contributed by atoms with E-state index in [4.69, 9.17) is 5.11 Å². The first-order chi connectivity index (χ1) is 12.6. The van der Waals surface area contributed by atoms with E-state index in [0.717, 1.165) is 28.4 Å². The van der Waals surface area contributed by atoms with Crippen molar-refractivity contribution < 1.29 is 15.0 Å². The molecule has 2 aromatic carbocycles. The van der Waals surface area contributed by atoms with Gasteiger partial charge in [0.1, 0.15) is 22.9 Å². The van der Waals surface area contributed by atoms with E-state index in [9.17, 15) is 9.90 Å². The first-order valence-corrected chi connectivity index (χ1v) is 7.99. The predicted octanol–water partition coefficient (Wildman–Crippen LogP) is 4.15. The van der Waals surface area contributed by atoms with Gasteiger partial charge >= 0.3 is 5.97 Å². The number of rotatable bonds is 4. The van der Waals surface area contributed by atoms with Crippen molar-refractivity contribution in [3.63, 3.8) is 0 Å². The lowest BCUT2D eigenvalue weighted by Gasteiger charge is -2.09. The molecule has 0 spiro atoms. The molecule has 2 heterocycles. The number of hydrogen-bond donors (Lipinski definition) is 3. The lowest BCUT2D eigenvalue weighted by atomic mass is 10.1. The molecule has 0 atom stereocenters. The lowest BCUT2D eigenvalue weighted by molar-refractivity contribution is 0.0697. The number of aromatic hydroxyl groups is 1. The van der Waals surface area contributed by atoms with E-state index >= 15 is 0 Å². The number of aromatic carboxylic acids is 1. The van der Waals surface area contributed by atoms with Crippen molar-refractivity contribution in [2.45, 2.75) is 0 Å². The molecular formula is C20H15N3O3. The molecule has 0 amide bonds. The van der Waals surface area contributed by atoms with Gasteiger partial charge in [-0.25, -0.2) is 9.78 Å². The first kappa shape index (κ1) is 15.7. The van der Waals surface area contributed by atoms with Gasteiger partial charge in [-0.1, -0.05) is 6.07 Å². The maximum atomic E-state index is 11.0. The highest BCUT2D eigenvalue weighted by Crippen LogP contribution is 2.32. The molecule has 0 saturated heterocycles. The van der Waals surface area contributed by atoms with Gasteiger partial charge in [0.05, 0.1) is 5.56 Å². The average molecular weight is 345 g/mol. The quantitative estimate of drug-likeness (QED) is 0.517. The van der Waals surface area contributed by atoms with Crippen molar-refractivity contribution in [2.75, 3.05) is 5.32 Å². The summed E-state index contributed by atoms with van der Waals surface area (Å²) in [6.45, 7) is 0. The van der Waals surface area contributed by atoms with Gasteiger partial charge in [0, 0.05) is 17.4 Å². The summed E-state index contributed by atoms with van der Waals surface area (Å²) in [5.74, 6) is -0.0122. The summed E-state index contributed by atoms with van der Waals surface area (Å²) in [5.41, 5.74) is 3.35. The first-order valence-electron chi connectivity index (χ1n) is 7.99. The largest absolute Gasteiger partial charge is 0.508 e. The van der Waals surface area contributed by atoms with Crippen molar-refractivity contribution >= 4 is 23.1 Å². The highest BCUT2D eigenvalue weighted by Gasteiger charge is 2.14. The van der Waals surface area contributed by atoms with Crippen LogP contribution in [0, 0.1) is 0 Å². The van der Waals surface area contributed by atoms with E-state index in [2.05, 4.69) is 10.3 Å². The third-order valence-corrected chi connectivity index (χ3v) is 4.07. The summed E-state index contributed by atoms with van der Waals surface area (Å²) in [4.78, 5) is 15.7. The molecule has 4 rings (SSSR count). The van der Waals surface area contributed by atoms with E-state index < -0.39 is 5.97 Å². The molecule has 2 aromatic heterocycles. The van der Waals surface area contributed by atoms with Crippen molar-refractivity contribution in [1.82, 2.24) is 9.38 Å². The molecule has 0 bridgehead atoms. The Hall–Kier alpha value is -3.80. The highest BCUT2D eigenvalue weighted by molar-refractivity contribution is 5.88. The van der Waals surface area contributed by atoms with Crippen molar-refractivity contribution in [3.8, 4) is 17.0 Å². The van der Waals surface area contributed by atoms with Crippen LogP contribution >= 0.6 is 0 Å². The van der Waals surface area contributed by atoms with E-state index in [1.165, 1.54) is 0 Å². The summed E-state index contributed by atoms with van der Waals surface area (Å²) < 4.78 is 1.92. The number of aromatic nitrogens is 2. The molecule has 6 heteroatoms. The number of phenolic OH excluding ortho intramolecular Hbond substituents is 1.